The van der Waals surface area contributed by atoms with Gasteiger partial charge in [-0.05, 0) is 36.5 Å². The molecule has 0 saturated heterocycles. The zero-order valence-corrected chi connectivity index (χ0v) is 9.98. The highest BCUT2D eigenvalue weighted by atomic mass is 32.1. The maximum atomic E-state index is 4.89. The number of fused-ring (bicyclic) bond motifs is 1. The van der Waals surface area contributed by atoms with Crippen molar-refractivity contribution in [3.8, 4) is 0 Å². The lowest BCUT2D eigenvalue weighted by atomic mass is 9.80. The van der Waals surface area contributed by atoms with E-state index in [2.05, 4.69) is 20.8 Å². The van der Waals surface area contributed by atoms with Crippen molar-refractivity contribution in [2.75, 3.05) is 0 Å². The summed E-state index contributed by atoms with van der Waals surface area (Å²) < 4.78 is 0.435. The molecule has 76 valence electrons. The van der Waals surface area contributed by atoms with E-state index >= 15 is 0 Å². The molecule has 2 saturated carbocycles. The quantitative estimate of drug-likeness (QED) is 0.642. The van der Waals surface area contributed by atoms with Crippen LogP contribution in [-0.2, 0) is 0 Å². The first-order valence-corrected chi connectivity index (χ1v) is 6.27. The molecule has 2 aliphatic carbocycles. The van der Waals surface area contributed by atoms with Gasteiger partial charge in [-0.1, -0.05) is 33.6 Å². The predicted octanol–water partition coefficient (Wildman–Crippen LogP) is 3.77. The summed E-state index contributed by atoms with van der Waals surface area (Å²) in [6, 6.07) is 0. The fraction of sp³-hybridized carbons (Fsp3) is 1.00. The molecule has 2 rings (SSSR count). The van der Waals surface area contributed by atoms with Crippen molar-refractivity contribution < 1.29 is 0 Å². The predicted molar refractivity (Wildman–Crippen MR) is 61.2 cm³/mol. The Morgan fingerprint density at radius 1 is 1.31 bits per heavy atom. The molecule has 0 aromatic heterocycles. The van der Waals surface area contributed by atoms with Crippen LogP contribution < -0.4 is 0 Å². The summed E-state index contributed by atoms with van der Waals surface area (Å²) in [5.74, 6) is 3.68. The molecule has 1 heteroatoms. The minimum atomic E-state index is 0.435. The van der Waals surface area contributed by atoms with E-state index < -0.39 is 0 Å². The fourth-order valence-corrected chi connectivity index (χ4v) is 4.19. The Morgan fingerprint density at radius 3 is 2.54 bits per heavy atom. The van der Waals surface area contributed by atoms with Crippen LogP contribution >= 0.6 is 12.6 Å². The summed E-state index contributed by atoms with van der Waals surface area (Å²) >= 11 is 4.89. The molecule has 0 N–H and O–H groups in total. The van der Waals surface area contributed by atoms with Crippen LogP contribution in [0.15, 0.2) is 0 Å². The third kappa shape index (κ3) is 1.35. The van der Waals surface area contributed by atoms with Gasteiger partial charge in [-0.2, -0.15) is 12.6 Å². The normalized spacial score (nSPS) is 54.5. The molecule has 0 nitrogen and oxygen atoms in total. The van der Waals surface area contributed by atoms with Crippen molar-refractivity contribution in [1.82, 2.24) is 0 Å². The SMILES string of the molecule is CCCC1CC(C)C2(S)C(C)C2C1. The Balaban J connectivity index is 1.99. The third-order valence-electron chi connectivity index (χ3n) is 4.58. The van der Waals surface area contributed by atoms with Gasteiger partial charge < -0.3 is 0 Å². The van der Waals surface area contributed by atoms with Crippen molar-refractivity contribution in [1.29, 1.82) is 0 Å². The Labute approximate surface area is 87.9 Å². The monoisotopic (exact) mass is 198 g/mol. The average molecular weight is 198 g/mol. The average Bonchev–Trinajstić information content (AvgIpc) is 2.60. The number of thiol groups is 1. The van der Waals surface area contributed by atoms with E-state index in [-0.39, 0.29) is 0 Å². The molecule has 0 heterocycles. The smallest absolute Gasteiger partial charge is 0.0215 e. The molecule has 2 fully saturated rings. The van der Waals surface area contributed by atoms with Gasteiger partial charge in [0.2, 0.25) is 0 Å². The maximum absolute atomic E-state index is 4.89. The number of hydrogen-bond donors (Lipinski definition) is 1. The molecule has 0 aromatic carbocycles. The summed E-state index contributed by atoms with van der Waals surface area (Å²) in [4.78, 5) is 0. The summed E-state index contributed by atoms with van der Waals surface area (Å²) in [7, 11) is 0. The first-order chi connectivity index (χ1) is 6.10. The fourth-order valence-electron chi connectivity index (χ4n) is 3.65. The van der Waals surface area contributed by atoms with E-state index in [0.717, 1.165) is 23.7 Å². The van der Waals surface area contributed by atoms with Crippen LogP contribution in [0.2, 0.25) is 0 Å². The molecule has 0 bridgehead atoms. The van der Waals surface area contributed by atoms with Gasteiger partial charge in [-0.25, -0.2) is 0 Å². The second-order valence-corrected chi connectivity index (χ2v) is 6.08. The molecule has 0 radical (unpaired) electrons. The van der Waals surface area contributed by atoms with Crippen LogP contribution in [0.1, 0.15) is 46.5 Å². The highest BCUT2D eigenvalue weighted by Gasteiger charge is 2.64. The molecule has 13 heavy (non-hydrogen) atoms. The molecular formula is C12H22S. The Bertz CT molecular complexity index is 191. The van der Waals surface area contributed by atoms with E-state index in [1.165, 1.54) is 25.7 Å². The van der Waals surface area contributed by atoms with Crippen LogP contribution in [0.25, 0.3) is 0 Å². The molecule has 5 unspecified atom stereocenters. The summed E-state index contributed by atoms with van der Waals surface area (Å²) in [6.07, 6.45) is 5.69. The molecule has 0 aromatic rings. The summed E-state index contributed by atoms with van der Waals surface area (Å²) in [5, 5.41) is 0. The largest absolute Gasteiger partial charge is 0.172 e. The lowest BCUT2D eigenvalue weighted by Crippen LogP contribution is -2.26. The molecule has 0 spiro atoms. The van der Waals surface area contributed by atoms with Gasteiger partial charge in [0, 0.05) is 4.75 Å². The maximum Gasteiger partial charge on any atom is 0.0215 e. The van der Waals surface area contributed by atoms with Crippen molar-refractivity contribution in [2.24, 2.45) is 23.7 Å². The van der Waals surface area contributed by atoms with Gasteiger partial charge >= 0.3 is 0 Å². The van der Waals surface area contributed by atoms with Crippen LogP contribution in [0.3, 0.4) is 0 Å². The second-order valence-electron chi connectivity index (χ2n) is 5.31. The van der Waals surface area contributed by atoms with Gasteiger partial charge in [0.05, 0.1) is 0 Å². The first-order valence-electron chi connectivity index (χ1n) is 5.83. The third-order valence-corrected chi connectivity index (χ3v) is 5.76. The van der Waals surface area contributed by atoms with Gasteiger partial charge in [0.25, 0.3) is 0 Å². The lowest BCUT2D eigenvalue weighted by molar-refractivity contribution is 0.271. The standard InChI is InChI=1S/C12H22S/c1-4-5-10-6-8(2)12(13)9(3)11(12)7-10/h8-11,13H,4-7H2,1-3H3. The van der Waals surface area contributed by atoms with Gasteiger partial charge in [-0.15, -0.1) is 0 Å². The zero-order chi connectivity index (χ0) is 9.64. The molecule has 0 amide bonds. The summed E-state index contributed by atoms with van der Waals surface area (Å²) in [5.41, 5.74) is 0. The van der Waals surface area contributed by atoms with E-state index in [1.807, 2.05) is 0 Å². The van der Waals surface area contributed by atoms with Gasteiger partial charge in [0.1, 0.15) is 0 Å². The molecular weight excluding hydrogens is 176 g/mol. The number of hydrogen-bond acceptors (Lipinski definition) is 1. The van der Waals surface area contributed by atoms with Crippen molar-refractivity contribution in [3.63, 3.8) is 0 Å². The highest BCUT2D eigenvalue weighted by molar-refractivity contribution is 7.82. The minimum absolute atomic E-state index is 0.435. The first kappa shape index (κ1) is 9.89. The lowest BCUT2D eigenvalue weighted by Gasteiger charge is -2.31. The van der Waals surface area contributed by atoms with Gasteiger partial charge in [-0.3, -0.25) is 0 Å². The molecule has 0 aliphatic heterocycles. The van der Waals surface area contributed by atoms with Crippen LogP contribution in [0, 0.1) is 23.7 Å². The summed E-state index contributed by atoms with van der Waals surface area (Å²) in [6.45, 7) is 7.11. The van der Waals surface area contributed by atoms with E-state index in [9.17, 15) is 0 Å². The molecule has 5 atom stereocenters. The van der Waals surface area contributed by atoms with Gasteiger partial charge in [0.15, 0.2) is 0 Å². The number of rotatable bonds is 2. The Morgan fingerprint density at radius 2 is 2.00 bits per heavy atom. The van der Waals surface area contributed by atoms with Crippen molar-refractivity contribution >= 4 is 12.6 Å². The topological polar surface area (TPSA) is 0 Å². The van der Waals surface area contributed by atoms with Crippen LogP contribution in [0.5, 0.6) is 0 Å². The van der Waals surface area contributed by atoms with Crippen LogP contribution in [-0.4, -0.2) is 4.75 Å². The zero-order valence-electron chi connectivity index (χ0n) is 9.09. The van der Waals surface area contributed by atoms with E-state index in [0.29, 0.717) is 4.75 Å². The minimum Gasteiger partial charge on any atom is -0.172 e. The van der Waals surface area contributed by atoms with Crippen molar-refractivity contribution in [2.45, 2.75) is 51.2 Å². The molecule has 2 aliphatic rings. The highest BCUT2D eigenvalue weighted by Crippen LogP contribution is 2.66. The van der Waals surface area contributed by atoms with E-state index in [4.69, 9.17) is 12.6 Å². The van der Waals surface area contributed by atoms with Crippen LogP contribution in [0.4, 0.5) is 0 Å². The Kier molecular flexibility index (Phi) is 2.42. The van der Waals surface area contributed by atoms with Crippen molar-refractivity contribution in [3.05, 3.63) is 0 Å². The second kappa shape index (κ2) is 3.18. The Hall–Kier alpha value is 0.350. The van der Waals surface area contributed by atoms with E-state index in [1.54, 1.807) is 0 Å².